The van der Waals surface area contributed by atoms with Gasteiger partial charge >= 0.3 is 6.09 Å². The zero-order valence-corrected chi connectivity index (χ0v) is 14.6. The Morgan fingerprint density at radius 3 is 2.75 bits per heavy atom. The zero-order chi connectivity index (χ0) is 17.5. The lowest BCUT2D eigenvalue weighted by atomic mass is 10.2. The van der Waals surface area contributed by atoms with Crippen LogP contribution in [0.15, 0.2) is 30.5 Å². The van der Waals surface area contributed by atoms with Crippen molar-refractivity contribution in [3.05, 3.63) is 30.5 Å². The van der Waals surface area contributed by atoms with Crippen molar-refractivity contribution in [3.63, 3.8) is 0 Å². The van der Waals surface area contributed by atoms with Crippen molar-refractivity contribution in [3.8, 4) is 0 Å². The molecule has 0 unspecified atom stereocenters. The van der Waals surface area contributed by atoms with Gasteiger partial charge in [-0.3, -0.25) is 9.08 Å². The number of fused-ring (bicyclic) bond motifs is 1. The van der Waals surface area contributed by atoms with Crippen LogP contribution in [0, 0.1) is 0 Å². The first-order valence-corrected chi connectivity index (χ1v) is 9.49. The highest BCUT2D eigenvalue weighted by Gasteiger charge is 2.33. The number of aromatic nitrogens is 1. The van der Waals surface area contributed by atoms with E-state index in [2.05, 4.69) is 18.4 Å². The molecule has 1 fully saturated rings. The van der Waals surface area contributed by atoms with Gasteiger partial charge in [-0.2, -0.15) is 8.42 Å². The van der Waals surface area contributed by atoms with Crippen molar-refractivity contribution in [2.75, 3.05) is 24.3 Å². The summed E-state index contributed by atoms with van der Waals surface area (Å²) in [5.74, 6) is 0. The lowest BCUT2D eigenvalue weighted by Gasteiger charge is -2.14. The molecule has 7 nitrogen and oxygen atoms in total. The predicted molar refractivity (Wildman–Crippen MR) is 90.7 cm³/mol. The van der Waals surface area contributed by atoms with Crippen molar-refractivity contribution in [1.82, 2.24) is 4.57 Å². The van der Waals surface area contributed by atoms with E-state index < -0.39 is 22.3 Å². The van der Waals surface area contributed by atoms with E-state index in [-0.39, 0.29) is 13.2 Å². The van der Waals surface area contributed by atoms with E-state index in [4.69, 9.17) is 8.92 Å². The van der Waals surface area contributed by atoms with Crippen LogP contribution in [0.25, 0.3) is 10.9 Å². The molecule has 0 aliphatic carbocycles. The summed E-state index contributed by atoms with van der Waals surface area (Å²) in [6.07, 6.45) is 1.88. The van der Waals surface area contributed by atoms with Crippen LogP contribution in [0.4, 0.5) is 10.5 Å². The lowest BCUT2D eigenvalue weighted by Crippen LogP contribution is -2.26. The lowest BCUT2D eigenvalue weighted by molar-refractivity contribution is 0.107. The van der Waals surface area contributed by atoms with Gasteiger partial charge in [-0.15, -0.1) is 0 Å². The SMILES string of the molecule is CC(C)n1ccc2cc(N3C[C@H](COS(C)(=O)=O)OC3=O)ccc21. The van der Waals surface area contributed by atoms with E-state index in [1.165, 1.54) is 4.90 Å². The molecule has 0 spiro atoms. The van der Waals surface area contributed by atoms with Gasteiger partial charge in [-0.05, 0) is 38.1 Å². The first kappa shape index (κ1) is 16.8. The van der Waals surface area contributed by atoms with Gasteiger partial charge in [0, 0.05) is 28.8 Å². The molecule has 1 saturated heterocycles. The highest BCUT2D eigenvalue weighted by atomic mass is 32.2. The summed E-state index contributed by atoms with van der Waals surface area (Å²) in [6, 6.07) is 8.11. The molecule has 130 valence electrons. The molecule has 0 N–H and O–H groups in total. The quantitative estimate of drug-likeness (QED) is 0.773. The summed E-state index contributed by atoms with van der Waals surface area (Å²) in [5.41, 5.74) is 1.81. The molecule has 1 aromatic carbocycles. The van der Waals surface area contributed by atoms with E-state index in [1.807, 2.05) is 30.5 Å². The molecular weight excluding hydrogens is 332 g/mol. The number of nitrogens with zero attached hydrogens (tertiary/aromatic N) is 2. The third-order valence-corrected chi connectivity index (χ3v) is 4.48. The zero-order valence-electron chi connectivity index (χ0n) is 13.8. The number of carbonyl (C=O) groups excluding carboxylic acids is 1. The van der Waals surface area contributed by atoms with Crippen molar-refractivity contribution < 1.29 is 22.1 Å². The van der Waals surface area contributed by atoms with Crippen LogP contribution in [0.1, 0.15) is 19.9 Å². The molecule has 24 heavy (non-hydrogen) atoms. The summed E-state index contributed by atoms with van der Waals surface area (Å²) in [7, 11) is -3.56. The smallest absolute Gasteiger partial charge is 0.414 e. The molecule has 1 aromatic heterocycles. The van der Waals surface area contributed by atoms with E-state index in [1.54, 1.807) is 0 Å². The van der Waals surface area contributed by atoms with Gasteiger partial charge in [-0.25, -0.2) is 4.79 Å². The fourth-order valence-electron chi connectivity index (χ4n) is 2.79. The second-order valence-corrected chi connectivity index (χ2v) is 7.81. The Balaban J connectivity index is 1.79. The molecule has 0 radical (unpaired) electrons. The third-order valence-electron chi connectivity index (χ3n) is 3.91. The number of benzene rings is 1. The number of anilines is 1. The minimum atomic E-state index is -3.56. The molecule has 3 rings (SSSR count). The number of hydrogen-bond acceptors (Lipinski definition) is 5. The van der Waals surface area contributed by atoms with Crippen LogP contribution in [-0.4, -0.2) is 44.6 Å². The van der Waals surface area contributed by atoms with Crippen LogP contribution in [-0.2, 0) is 19.0 Å². The van der Waals surface area contributed by atoms with E-state index in [0.717, 1.165) is 22.8 Å². The van der Waals surface area contributed by atoms with Crippen molar-refractivity contribution >= 4 is 32.8 Å². The molecule has 1 aliphatic heterocycles. The normalized spacial score (nSPS) is 18.6. The van der Waals surface area contributed by atoms with Gasteiger partial charge in [0.05, 0.1) is 12.8 Å². The van der Waals surface area contributed by atoms with Crippen LogP contribution in [0.5, 0.6) is 0 Å². The maximum Gasteiger partial charge on any atom is 0.414 e. The number of rotatable bonds is 5. The standard InChI is InChI=1S/C16H20N2O5S/c1-11(2)17-7-6-12-8-13(4-5-15(12)17)18-9-14(23-16(18)19)10-22-24(3,20)21/h4-8,11,14H,9-10H2,1-3H3/t14-/m1/s1. The molecule has 0 saturated carbocycles. The van der Waals surface area contributed by atoms with Crippen LogP contribution in [0.3, 0.4) is 0 Å². The first-order valence-electron chi connectivity index (χ1n) is 7.68. The monoisotopic (exact) mass is 352 g/mol. The predicted octanol–water partition coefficient (Wildman–Crippen LogP) is 2.52. The maximum atomic E-state index is 12.1. The van der Waals surface area contributed by atoms with Gasteiger partial charge in [0.1, 0.15) is 12.7 Å². The number of carbonyl (C=O) groups is 1. The second kappa shape index (κ2) is 6.10. The van der Waals surface area contributed by atoms with E-state index in [9.17, 15) is 13.2 Å². The molecular formula is C16H20N2O5S. The fraction of sp³-hybridized carbons (Fsp3) is 0.438. The minimum absolute atomic E-state index is 0.174. The Kier molecular flexibility index (Phi) is 4.27. The Hall–Kier alpha value is -2.06. The molecule has 1 amide bonds. The van der Waals surface area contributed by atoms with Gasteiger partial charge in [0.2, 0.25) is 0 Å². The minimum Gasteiger partial charge on any atom is -0.441 e. The summed E-state index contributed by atoms with van der Waals surface area (Å²) >= 11 is 0. The number of cyclic esters (lactones) is 1. The highest BCUT2D eigenvalue weighted by Crippen LogP contribution is 2.28. The van der Waals surface area contributed by atoms with Gasteiger partial charge < -0.3 is 9.30 Å². The van der Waals surface area contributed by atoms with Gasteiger partial charge in [0.15, 0.2) is 0 Å². The molecule has 1 atom stereocenters. The Labute approximate surface area is 140 Å². The molecule has 2 heterocycles. The fourth-order valence-corrected chi connectivity index (χ4v) is 3.19. The third kappa shape index (κ3) is 3.39. The van der Waals surface area contributed by atoms with Crippen molar-refractivity contribution in [2.24, 2.45) is 0 Å². The Bertz CT molecular complexity index is 872. The first-order chi connectivity index (χ1) is 11.2. The van der Waals surface area contributed by atoms with Crippen molar-refractivity contribution in [1.29, 1.82) is 0 Å². The van der Waals surface area contributed by atoms with Crippen LogP contribution < -0.4 is 4.90 Å². The number of ether oxygens (including phenoxy) is 1. The highest BCUT2D eigenvalue weighted by molar-refractivity contribution is 7.85. The average Bonchev–Trinajstić information content (AvgIpc) is 3.07. The molecule has 2 aromatic rings. The van der Waals surface area contributed by atoms with Crippen molar-refractivity contribution in [2.45, 2.75) is 26.0 Å². The summed E-state index contributed by atoms with van der Waals surface area (Å²) in [6.45, 7) is 4.30. The summed E-state index contributed by atoms with van der Waals surface area (Å²) < 4.78 is 34.1. The van der Waals surface area contributed by atoms with Gasteiger partial charge in [-0.1, -0.05) is 0 Å². The van der Waals surface area contributed by atoms with Crippen LogP contribution in [0.2, 0.25) is 0 Å². The molecule has 8 heteroatoms. The van der Waals surface area contributed by atoms with E-state index >= 15 is 0 Å². The molecule has 1 aliphatic rings. The molecule has 0 bridgehead atoms. The number of amides is 1. The largest absolute Gasteiger partial charge is 0.441 e. The maximum absolute atomic E-state index is 12.1. The number of hydrogen-bond donors (Lipinski definition) is 0. The van der Waals surface area contributed by atoms with Crippen LogP contribution >= 0.6 is 0 Å². The van der Waals surface area contributed by atoms with Gasteiger partial charge in [0.25, 0.3) is 10.1 Å². The topological polar surface area (TPSA) is 77.8 Å². The second-order valence-electron chi connectivity index (χ2n) is 6.16. The summed E-state index contributed by atoms with van der Waals surface area (Å²) in [4.78, 5) is 13.5. The Morgan fingerprint density at radius 1 is 1.33 bits per heavy atom. The Morgan fingerprint density at radius 2 is 2.08 bits per heavy atom. The summed E-state index contributed by atoms with van der Waals surface area (Å²) in [5, 5.41) is 1.03. The average molecular weight is 352 g/mol. The van der Waals surface area contributed by atoms with E-state index in [0.29, 0.717) is 6.04 Å².